The minimum Gasteiger partial charge on any atom is -0.372 e. The molecule has 0 saturated heterocycles. The third-order valence-corrected chi connectivity index (χ3v) is 5.82. The predicted molar refractivity (Wildman–Crippen MR) is 86.1 cm³/mol. The molecule has 0 aliphatic heterocycles. The summed E-state index contributed by atoms with van der Waals surface area (Å²) in [6.45, 7) is 0. The van der Waals surface area contributed by atoms with Gasteiger partial charge in [0.25, 0.3) is 0 Å². The van der Waals surface area contributed by atoms with Gasteiger partial charge in [0.15, 0.2) is 0 Å². The van der Waals surface area contributed by atoms with Gasteiger partial charge in [-0.3, -0.25) is 0 Å². The summed E-state index contributed by atoms with van der Waals surface area (Å²) in [4.78, 5) is 13.5. The van der Waals surface area contributed by atoms with Crippen LogP contribution in [0.25, 0.3) is 10.2 Å². The summed E-state index contributed by atoms with van der Waals surface area (Å²) in [6.07, 6.45) is 4.49. The van der Waals surface area contributed by atoms with E-state index in [1.54, 1.807) is 11.3 Å². The van der Waals surface area contributed by atoms with Crippen LogP contribution in [0, 0.1) is 0 Å². The monoisotopic (exact) mass is 301 g/mol. The van der Waals surface area contributed by atoms with E-state index in [1.807, 2.05) is 18.4 Å². The number of thiophene rings is 2. The second-order valence-corrected chi connectivity index (χ2v) is 7.15. The molecular weight excluding hydrogens is 286 g/mol. The number of rotatable bonds is 3. The molecule has 0 bridgehead atoms. The summed E-state index contributed by atoms with van der Waals surface area (Å²) >= 11 is 3.62. The summed E-state index contributed by atoms with van der Waals surface area (Å²) in [6, 6.07) is 4.23. The third-order valence-electron chi connectivity index (χ3n) is 3.76. The number of nitrogens with zero attached hydrogens (tertiary/aromatic N) is 2. The van der Waals surface area contributed by atoms with Gasteiger partial charge in [-0.1, -0.05) is 6.07 Å². The van der Waals surface area contributed by atoms with Crippen LogP contribution < -0.4 is 5.32 Å². The Kier molecular flexibility index (Phi) is 2.97. The van der Waals surface area contributed by atoms with Crippen molar-refractivity contribution in [3.8, 4) is 0 Å². The smallest absolute Gasteiger partial charge is 0.138 e. The Bertz CT molecular complexity index is 759. The fraction of sp³-hybridized carbons (Fsp3) is 0.333. The zero-order valence-electron chi connectivity index (χ0n) is 11.3. The Morgan fingerprint density at radius 1 is 1.30 bits per heavy atom. The van der Waals surface area contributed by atoms with E-state index >= 15 is 0 Å². The molecule has 5 heteroatoms. The Labute approximate surface area is 125 Å². The topological polar surface area (TPSA) is 37.8 Å². The number of anilines is 1. The van der Waals surface area contributed by atoms with Gasteiger partial charge >= 0.3 is 0 Å². The maximum absolute atomic E-state index is 4.80. The van der Waals surface area contributed by atoms with Crippen molar-refractivity contribution >= 4 is 38.7 Å². The molecule has 3 aromatic heterocycles. The number of nitrogens with one attached hydrogen (secondary N) is 1. The number of aromatic nitrogens is 2. The molecule has 0 radical (unpaired) electrons. The zero-order chi connectivity index (χ0) is 13.5. The van der Waals surface area contributed by atoms with Crippen LogP contribution in [0.1, 0.15) is 27.6 Å². The lowest BCUT2D eigenvalue weighted by molar-refractivity contribution is 0.916. The second kappa shape index (κ2) is 4.82. The average Bonchev–Trinajstić information content (AvgIpc) is 3.13. The van der Waals surface area contributed by atoms with Gasteiger partial charge in [-0.05, 0) is 36.3 Å². The van der Waals surface area contributed by atoms with Gasteiger partial charge < -0.3 is 5.32 Å². The molecule has 0 saturated carbocycles. The Hall–Kier alpha value is -1.46. The SMILES string of the molecule is CNc1nc(Cc2cccs2)nc2sc3c(c12)CCC3. The molecular formula is C15H15N3S2. The van der Waals surface area contributed by atoms with Gasteiger partial charge in [0, 0.05) is 23.2 Å². The average molecular weight is 301 g/mol. The third kappa shape index (κ3) is 1.93. The van der Waals surface area contributed by atoms with Crippen LogP contribution in [-0.2, 0) is 19.3 Å². The molecule has 1 N–H and O–H groups in total. The summed E-state index contributed by atoms with van der Waals surface area (Å²) in [5.41, 5.74) is 1.48. The molecule has 0 unspecified atom stereocenters. The van der Waals surface area contributed by atoms with Crippen LogP contribution in [0.3, 0.4) is 0 Å². The highest BCUT2D eigenvalue weighted by atomic mass is 32.1. The van der Waals surface area contributed by atoms with Crippen molar-refractivity contribution in [1.29, 1.82) is 0 Å². The maximum Gasteiger partial charge on any atom is 0.138 e. The van der Waals surface area contributed by atoms with Gasteiger partial charge in [-0.15, -0.1) is 22.7 Å². The minimum atomic E-state index is 0.824. The highest BCUT2D eigenvalue weighted by Crippen LogP contribution is 2.39. The predicted octanol–water partition coefficient (Wildman–Crippen LogP) is 3.87. The van der Waals surface area contributed by atoms with Crippen molar-refractivity contribution in [3.05, 3.63) is 38.7 Å². The van der Waals surface area contributed by atoms with Gasteiger partial charge in [0.05, 0.1) is 5.39 Å². The van der Waals surface area contributed by atoms with Crippen LogP contribution in [0.4, 0.5) is 5.82 Å². The first-order valence-corrected chi connectivity index (χ1v) is 8.56. The summed E-state index contributed by atoms with van der Waals surface area (Å²) in [7, 11) is 1.95. The molecule has 1 aliphatic carbocycles. The lowest BCUT2D eigenvalue weighted by Crippen LogP contribution is -2.01. The molecule has 0 spiro atoms. The van der Waals surface area contributed by atoms with Gasteiger partial charge in [-0.2, -0.15) is 0 Å². The first-order valence-electron chi connectivity index (χ1n) is 6.86. The quantitative estimate of drug-likeness (QED) is 0.798. The highest BCUT2D eigenvalue weighted by Gasteiger charge is 2.21. The van der Waals surface area contributed by atoms with Crippen LogP contribution >= 0.6 is 22.7 Å². The Morgan fingerprint density at radius 2 is 2.25 bits per heavy atom. The summed E-state index contributed by atoms with van der Waals surface area (Å²) < 4.78 is 0. The largest absolute Gasteiger partial charge is 0.372 e. The number of fused-ring (bicyclic) bond motifs is 3. The first kappa shape index (κ1) is 12.3. The van der Waals surface area contributed by atoms with Crippen LogP contribution in [-0.4, -0.2) is 17.0 Å². The van der Waals surface area contributed by atoms with E-state index in [0.717, 1.165) is 22.9 Å². The molecule has 102 valence electrons. The van der Waals surface area contributed by atoms with Crippen molar-refractivity contribution in [3.63, 3.8) is 0 Å². The summed E-state index contributed by atoms with van der Waals surface area (Å²) in [5, 5.41) is 6.63. The van der Waals surface area contributed by atoms with Gasteiger partial charge in [0.2, 0.25) is 0 Å². The molecule has 0 aromatic carbocycles. The molecule has 20 heavy (non-hydrogen) atoms. The minimum absolute atomic E-state index is 0.824. The zero-order valence-corrected chi connectivity index (χ0v) is 12.9. The molecule has 3 aromatic rings. The van der Waals surface area contributed by atoms with E-state index in [-0.39, 0.29) is 0 Å². The second-order valence-electron chi connectivity index (χ2n) is 5.03. The molecule has 4 rings (SSSR count). The molecule has 0 amide bonds. The van der Waals surface area contributed by atoms with Crippen molar-refractivity contribution in [2.75, 3.05) is 12.4 Å². The standard InChI is InChI=1S/C15H15N3S2/c1-16-14-13-10-5-2-6-11(10)20-15(13)18-12(17-14)8-9-4-3-7-19-9/h3-4,7H,2,5-6,8H2,1H3,(H,16,17,18). The van der Waals surface area contributed by atoms with Crippen molar-refractivity contribution < 1.29 is 0 Å². The van der Waals surface area contributed by atoms with E-state index in [0.29, 0.717) is 0 Å². The lowest BCUT2D eigenvalue weighted by atomic mass is 10.2. The van der Waals surface area contributed by atoms with Crippen molar-refractivity contribution in [2.24, 2.45) is 0 Å². The van der Waals surface area contributed by atoms with Crippen molar-refractivity contribution in [2.45, 2.75) is 25.7 Å². The molecule has 1 aliphatic rings. The summed E-state index contributed by atoms with van der Waals surface area (Å²) in [5.74, 6) is 1.92. The van der Waals surface area contributed by atoms with Crippen LogP contribution in [0.15, 0.2) is 17.5 Å². The Morgan fingerprint density at radius 3 is 3.05 bits per heavy atom. The van der Waals surface area contributed by atoms with Gasteiger partial charge in [0.1, 0.15) is 16.5 Å². The number of hydrogen-bond acceptors (Lipinski definition) is 5. The van der Waals surface area contributed by atoms with E-state index in [2.05, 4.69) is 22.8 Å². The molecule has 0 fully saturated rings. The maximum atomic E-state index is 4.80. The van der Waals surface area contributed by atoms with E-state index in [4.69, 9.17) is 9.97 Å². The fourth-order valence-electron chi connectivity index (χ4n) is 2.87. The van der Waals surface area contributed by atoms with E-state index < -0.39 is 0 Å². The fourth-order valence-corrected chi connectivity index (χ4v) is 4.85. The molecule has 3 nitrogen and oxygen atoms in total. The van der Waals surface area contributed by atoms with Gasteiger partial charge in [-0.25, -0.2) is 9.97 Å². The highest BCUT2D eigenvalue weighted by molar-refractivity contribution is 7.19. The van der Waals surface area contributed by atoms with E-state index in [1.165, 1.54) is 40.0 Å². The molecule has 3 heterocycles. The number of aryl methyl sites for hydroxylation is 2. The number of hydrogen-bond donors (Lipinski definition) is 1. The van der Waals surface area contributed by atoms with Crippen LogP contribution in [0.2, 0.25) is 0 Å². The Balaban J connectivity index is 1.84. The van der Waals surface area contributed by atoms with Crippen molar-refractivity contribution in [1.82, 2.24) is 9.97 Å². The lowest BCUT2D eigenvalue weighted by Gasteiger charge is -2.06. The van der Waals surface area contributed by atoms with Crippen LogP contribution in [0.5, 0.6) is 0 Å². The first-order chi connectivity index (χ1) is 9.85. The normalized spacial score (nSPS) is 13.8. The van der Waals surface area contributed by atoms with E-state index in [9.17, 15) is 0 Å². The molecule has 0 atom stereocenters.